The predicted octanol–water partition coefficient (Wildman–Crippen LogP) is 2.40. The molecular formula is C21H27N3O3. The number of ether oxygens (including phenoxy) is 1. The first-order valence-electron chi connectivity index (χ1n) is 9.64. The van der Waals surface area contributed by atoms with E-state index in [1.165, 1.54) is 0 Å². The Labute approximate surface area is 159 Å². The second-order valence-electron chi connectivity index (χ2n) is 6.91. The standard InChI is InChI=1S/C21H27N3O3/c1-2-17-4-5-19-18(15-21(25)27-20(19)14-17)16-24(7-3-6-22)9-8-23-10-12-26-13-11-23/h4-5,14-15H,2-3,7-13,16H2,1H3. The third-order valence-corrected chi connectivity index (χ3v) is 5.07. The third-order valence-electron chi connectivity index (χ3n) is 5.07. The van der Waals surface area contributed by atoms with E-state index in [2.05, 4.69) is 28.9 Å². The van der Waals surface area contributed by atoms with Gasteiger partial charge in [0.15, 0.2) is 0 Å². The number of nitriles is 1. The molecule has 0 atom stereocenters. The van der Waals surface area contributed by atoms with E-state index in [0.717, 1.165) is 62.3 Å². The lowest BCUT2D eigenvalue weighted by Gasteiger charge is -2.30. The maximum Gasteiger partial charge on any atom is 0.336 e. The van der Waals surface area contributed by atoms with Crippen LogP contribution in [0.2, 0.25) is 0 Å². The van der Waals surface area contributed by atoms with Crippen molar-refractivity contribution in [3.8, 4) is 6.07 Å². The highest BCUT2D eigenvalue weighted by atomic mass is 16.5. The average Bonchev–Trinajstić information content (AvgIpc) is 2.70. The fourth-order valence-electron chi connectivity index (χ4n) is 3.45. The molecule has 0 bridgehead atoms. The van der Waals surface area contributed by atoms with Crippen LogP contribution in [-0.4, -0.2) is 55.7 Å². The Bertz CT molecular complexity index is 850. The Balaban J connectivity index is 1.77. The molecular weight excluding hydrogens is 342 g/mol. The molecule has 1 saturated heterocycles. The van der Waals surface area contributed by atoms with Gasteiger partial charge in [0.05, 0.1) is 19.3 Å². The van der Waals surface area contributed by atoms with Gasteiger partial charge in [-0.2, -0.15) is 5.26 Å². The Morgan fingerprint density at radius 1 is 1.22 bits per heavy atom. The highest BCUT2D eigenvalue weighted by Gasteiger charge is 2.15. The van der Waals surface area contributed by atoms with Gasteiger partial charge in [-0.15, -0.1) is 0 Å². The normalized spacial score (nSPS) is 15.3. The molecule has 0 radical (unpaired) electrons. The van der Waals surface area contributed by atoms with Crippen LogP contribution in [0.4, 0.5) is 0 Å². The lowest BCUT2D eigenvalue weighted by Crippen LogP contribution is -2.41. The maximum atomic E-state index is 12.0. The SMILES string of the molecule is CCc1ccc2c(CN(CCC#N)CCN3CCOCC3)cc(=O)oc2c1. The van der Waals surface area contributed by atoms with Crippen LogP contribution >= 0.6 is 0 Å². The molecule has 0 spiro atoms. The summed E-state index contributed by atoms with van der Waals surface area (Å²) in [7, 11) is 0. The minimum Gasteiger partial charge on any atom is -0.423 e. The predicted molar refractivity (Wildman–Crippen MR) is 105 cm³/mol. The van der Waals surface area contributed by atoms with Crippen molar-refractivity contribution in [3.05, 3.63) is 45.8 Å². The lowest BCUT2D eigenvalue weighted by molar-refractivity contribution is 0.0330. The molecule has 0 amide bonds. The molecule has 1 fully saturated rings. The zero-order valence-electron chi connectivity index (χ0n) is 15.9. The van der Waals surface area contributed by atoms with Crippen LogP contribution in [-0.2, 0) is 17.7 Å². The molecule has 3 rings (SSSR count). The summed E-state index contributed by atoms with van der Waals surface area (Å²) in [4.78, 5) is 16.7. The van der Waals surface area contributed by atoms with Gasteiger partial charge in [-0.05, 0) is 23.6 Å². The minimum absolute atomic E-state index is 0.320. The van der Waals surface area contributed by atoms with Crippen molar-refractivity contribution in [2.45, 2.75) is 26.3 Å². The number of benzene rings is 1. The van der Waals surface area contributed by atoms with E-state index in [0.29, 0.717) is 25.1 Å². The van der Waals surface area contributed by atoms with Crippen LogP contribution < -0.4 is 5.63 Å². The summed E-state index contributed by atoms with van der Waals surface area (Å²) >= 11 is 0. The minimum atomic E-state index is -0.320. The van der Waals surface area contributed by atoms with E-state index in [9.17, 15) is 4.79 Å². The van der Waals surface area contributed by atoms with Crippen molar-refractivity contribution in [2.24, 2.45) is 0 Å². The summed E-state index contributed by atoms with van der Waals surface area (Å²) in [5.41, 5.74) is 2.43. The topological polar surface area (TPSA) is 69.7 Å². The van der Waals surface area contributed by atoms with Crippen LogP contribution in [0.1, 0.15) is 24.5 Å². The van der Waals surface area contributed by atoms with Crippen molar-refractivity contribution in [3.63, 3.8) is 0 Å². The number of rotatable bonds is 8. The van der Waals surface area contributed by atoms with Gasteiger partial charge < -0.3 is 9.15 Å². The third kappa shape index (κ3) is 5.39. The van der Waals surface area contributed by atoms with E-state index in [-0.39, 0.29) is 5.63 Å². The van der Waals surface area contributed by atoms with Crippen molar-refractivity contribution in [2.75, 3.05) is 45.9 Å². The molecule has 27 heavy (non-hydrogen) atoms. The Morgan fingerprint density at radius 3 is 2.78 bits per heavy atom. The van der Waals surface area contributed by atoms with Crippen molar-refractivity contribution >= 4 is 11.0 Å². The summed E-state index contributed by atoms with van der Waals surface area (Å²) < 4.78 is 10.8. The molecule has 2 aromatic rings. The molecule has 1 aromatic heterocycles. The van der Waals surface area contributed by atoms with Gasteiger partial charge in [0.2, 0.25) is 0 Å². The zero-order chi connectivity index (χ0) is 19.1. The van der Waals surface area contributed by atoms with Gasteiger partial charge in [0.1, 0.15) is 5.58 Å². The summed E-state index contributed by atoms with van der Waals surface area (Å²) in [6.07, 6.45) is 1.38. The van der Waals surface area contributed by atoms with Crippen LogP contribution in [0.5, 0.6) is 0 Å². The highest BCUT2D eigenvalue weighted by molar-refractivity contribution is 5.80. The van der Waals surface area contributed by atoms with Crippen molar-refractivity contribution in [1.29, 1.82) is 5.26 Å². The number of hydrogen-bond acceptors (Lipinski definition) is 6. The van der Waals surface area contributed by atoms with Crippen molar-refractivity contribution in [1.82, 2.24) is 9.80 Å². The van der Waals surface area contributed by atoms with Crippen molar-refractivity contribution < 1.29 is 9.15 Å². The number of morpholine rings is 1. The average molecular weight is 369 g/mol. The van der Waals surface area contributed by atoms with Gasteiger partial charge in [-0.25, -0.2) is 4.79 Å². The zero-order valence-corrected chi connectivity index (χ0v) is 15.9. The highest BCUT2D eigenvalue weighted by Crippen LogP contribution is 2.20. The summed E-state index contributed by atoms with van der Waals surface area (Å²) in [6.45, 7) is 8.66. The molecule has 0 N–H and O–H groups in total. The van der Waals surface area contributed by atoms with Crippen LogP contribution in [0.25, 0.3) is 11.0 Å². The summed E-state index contributed by atoms with van der Waals surface area (Å²) in [6, 6.07) is 9.89. The van der Waals surface area contributed by atoms with E-state index >= 15 is 0 Å². The smallest absolute Gasteiger partial charge is 0.336 e. The van der Waals surface area contributed by atoms with Crippen LogP contribution in [0.15, 0.2) is 33.5 Å². The molecule has 1 aliphatic heterocycles. The molecule has 144 valence electrons. The molecule has 0 unspecified atom stereocenters. The number of fused-ring (bicyclic) bond motifs is 1. The fraction of sp³-hybridized carbons (Fsp3) is 0.524. The lowest BCUT2D eigenvalue weighted by atomic mass is 10.1. The molecule has 2 heterocycles. The van der Waals surface area contributed by atoms with E-state index < -0.39 is 0 Å². The summed E-state index contributed by atoms with van der Waals surface area (Å²) in [5, 5.41) is 9.98. The number of aryl methyl sites for hydroxylation is 1. The molecule has 0 aliphatic carbocycles. The van der Waals surface area contributed by atoms with E-state index in [1.54, 1.807) is 6.07 Å². The van der Waals surface area contributed by atoms with Crippen LogP contribution in [0.3, 0.4) is 0 Å². The maximum absolute atomic E-state index is 12.0. The first kappa shape index (κ1) is 19.6. The number of hydrogen-bond donors (Lipinski definition) is 0. The first-order chi connectivity index (χ1) is 13.2. The monoisotopic (exact) mass is 369 g/mol. The van der Waals surface area contributed by atoms with Gasteiger partial charge in [-0.3, -0.25) is 9.80 Å². The van der Waals surface area contributed by atoms with E-state index in [4.69, 9.17) is 14.4 Å². The van der Waals surface area contributed by atoms with Crippen LogP contribution in [0, 0.1) is 11.3 Å². The second kappa shape index (κ2) is 9.65. The number of nitrogens with zero attached hydrogens (tertiary/aromatic N) is 3. The first-order valence-corrected chi connectivity index (χ1v) is 9.64. The van der Waals surface area contributed by atoms with E-state index in [1.807, 2.05) is 12.1 Å². The quantitative estimate of drug-likeness (QED) is 0.666. The second-order valence-corrected chi connectivity index (χ2v) is 6.91. The molecule has 1 aromatic carbocycles. The van der Waals surface area contributed by atoms with Gasteiger partial charge in [0, 0.05) is 57.1 Å². The molecule has 6 heteroatoms. The Hall–Kier alpha value is -2.20. The summed E-state index contributed by atoms with van der Waals surface area (Å²) in [5.74, 6) is 0. The Kier molecular flexibility index (Phi) is 6.99. The molecule has 1 aliphatic rings. The fourth-order valence-corrected chi connectivity index (χ4v) is 3.45. The largest absolute Gasteiger partial charge is 0.423 e. The molecule has 6 nitrogen and oxygen atoms in total. The van der Waals surface area contributed by atoms with Gasteiger partial charge in [0.25, 0.3) is 0 Å². The Morgan fingerprint density at radius 2 is 2.04 bits per heavy atom. The van der Waals surface area contributed by atoms with Gasteiger partial charge >= 0.3 is 5.63 Å². The van der Waals surface area contributed by atoms with Gasteiger partial charge in [-0.1, -0.05) is 19.1 Å². The molecule has 0 saturated carbocycles.